The molecule has 0 atom stereocenters. The normalized spacial score (nSPS) is 13.9. The number of rotatable bonds is 10. The highest BCUT2D eigenvalue weighted by molar-refractivity contribution is 7.10. The Morgan fingerprint density at radius 3 is 2.83 bits per heavy atom. The minimum absolute atomic E-state index is 0.0557. The van der Waals surface area contributed by atoms with E-state index in [-0.39, 0.29) is 18.7 Å². The number of carbonyl (C=O) groups excluding carboxylic acids is 1. The van der Waals surface area contributed by atoms with Crippen LogP contribution in [0.4, 0.5) is 15.3 Å². The highest BCUT2D eigenvalue weighted by Crippen LogP contribution is 2.47. The van der Waals surface area contributed by atoms with E-state index in [1.54, 1.807) is 54.5 Å². The SMILES string of the molecule is COc1cnc(Nc2cc(COC(=O)c3ccccc3)ns2)nc1-c1cnn(CC2(CF)CC2)c1. The topological polar surface area (TPSA) is 104 Å². The minimum atomic E-state index is -0.407. The first-order chi connectivity index (χ1) is 17.1. The fourth-order valence-corrected chi connectivity index (χ4v) is 4.21. The maximum Gasteiger partial charge on any atom is 0.338 e. The standard InChI is InChI=1S/C24H23FN6O3S/c1-33-19-11-26-23(29-21(19)17-10-27-31(12-17)15-24(14-25)7-8-24)28-20-9-18(30-35-20)13-34-22(32)16-5-3-2-4-6-16/h2-6,9-12H,7-8,13-15H2,1H3,(H,26,28,29). The number of aromatic nitrogens is 5. The van der Waals surface area contributed by atoms with Crippen LogP contribution in [0.2, 0.25) is 0 Å². The van der Waals surface area contributed by atoms with Crippen LogP contribution in [0.25, 0.3) is 11.3 Å². The van der Waals surface area contributed by atoms with Crippen LogP contribution >= 0.6 is 11.5 Å². The van der Waals surface area contributed by atoms with Crippen LogP contribution in [0, 0.1) is 5.41 Å². The van der Waals surface area contributed by atoms with Gasteiger partial charge in [0.15, 0.2) is 5.75 Å². The Balaban J connectivity index is 1.26. The van der Waals surface area contributed by atoms with Crippen LogP contribution in [0.3, 0.4) is 0 Å². The first-order valence-corrected chi connectivity index (χ1v) is 11.8. The lowest BCUT2D eigenvalue weighted by Gasteiger charge is -2.10. The molecule has 0 spiro atoms. The van der Waals surface area contributed by atoms with Crippen LogP contribution in [-0.2, 0) is 17.9 Å². The van der Waals surface area contributed by atoms with Crippen molar-refractivity contribution < 1.29 is 18.7 Å². The van der Waals surface area contributed by atoms with E-state index < -0.39 is 5.97 Å². The number of esters is 1. The summed E-state index contributed by atoms with van der Waals surface area (Å²) < 4.78 is 30.1. The number of hydrogen-bond acceptors (Lipinski definition) is 9. The van der Waals surface area contributed by atoms with E-state index in [9.17, 15) is 9.18 Å². The summed E-state index contributed by atoms with van der Waals surface area (Å²) in [5.41, 5.74) is 2.15. The molecule has 0 aliphatic heterocycles. The van der Waals surface area contributed by atoms with Gasteiger partial charge in [-0.3, -0.25) is 9.07 Å². The molecule has 4 aromatic rings. The maximum absolute atomic E-state index is 13.3. The Kier molecular flexibility index (Phi) is 6.41. The molecule has 0 unspecified atom stereocenters. The van der Waals surface area contributed by atoms with Crippen LogP contribution in [0.15, 0.2) is 55.0 Å². The zero-order valence-electron chi connectivity index (χ0n) is 19.0. The molecule has 9 nitrogen and oxygen atoms in total. The number of methoxy groups -OCH3 is 1. The minimum Gasteiger partial charge on any atom is -0.493 e. The molecular formula is C24H23FN6O3S. The Morgan fingerprint density at radius 1 is 1.26 bits per heavy atom. The average molecular weight is 495 g/mol. The molecule has 0 bridgehead atoms. The van der Waals surface area contributed by atoms with Crippen molar-refractivity contribution in [3.8, 4) is 17.0 Å². The maximum atomic E-state index is 13.3. The van der Waals surface area contributed by atoms with Gasteiger partial charge in [0, 0.05) is 23.7 Å². The van der Waals surface area contributed by atoms with Gasteiger partial charge < -0.3 is 14.8 Å². The Morgan fingerprint density at radius 2 is 2.09 bits per heavy atom. The van der Waals surface area contributed by atoms with Crippen molar-refractivity contribution in [1.82, 2.24) is 24.1 Å². The Labute approximate surface area is 205 Å². The average Bonchev–Trinajstić information content (AvgIpc) is 3.27. The van der Waals surface area contributed by atoms with E-state index in [0.717, 1.165) is 18.4 Å². The highest BCUT2D eigenvalue weighted by atomic mass is 32.1. The summed E-state index contributed by atoms with van der Waals surface area (Å²) in [6.45, 7) is 0.260. The number of anilines is 2. The van der Waals surface area contributed by atoms with Crippen LogP contribution in [-0.4, -0.2) is 43.9 Å². The van der Waals surface area contributed by atoms with E-state index >= 15 is 0 Å². The number of hydrogen-bond donors (Lipinski definition) is 1. The van der Waals surface area contributed by atoms with Crippen LogP contribution < -0.4 is 10.1 Å². The summed E-state index contributed by atoms with van der Waals surface area (Å²) >= 11 is 1.21. The van der Waals surface area contributed by atoms with Crippen molar-refractivity contribution in [2.75, 3.05) is 19.1 Å². The number of ether oxygens (including phenoxy) is 2. The summed E-state index contributed by atoms with van der Waals surface area (Å²) in [6.07, 6.45) is 6.87. The van der Waals surface area contributed by atoms with Gasteiger partial charge in [-0.05, 0) is 42.6 Å². The first-order valence-electron chi connectivity index (χ1n) is 11.0. The lowest BCUT2D eigenvalue weighted by atomic mass is 10.1. The number of halogens is 1. The van der Waals surface area contributed by atoms with E-state index in [1.807, 2.05) is 12.3 Å². The summed E-state index contributed by atoms with van der Waals surface area (Å²) in [7, 11) is 1.55. The van der Waals surface area contributed by atoms with Crippen LogP contribution in [0.5, 0.6) is 5.75 Å². The van der Waals surface area contributed by atoms with Gasteiger partial charge in [-0.2, -0.15) is 9.47 Å². The molecular weight excluding hydrogens is 471 g/mol. The molecule has 5 rings (SSSR count). The quantitative estimate of drug-likeness (QED) is 0.318. The van der Waals surface area contributed by atoms with Crippen molar-refractivity contribution in [2.45, 2.75) is 26.0 Å². The Hall–Kier alpha value is -3.86. The van der Waals surface area contributed by atoms with Crippen molar-refractivity contribution in [2.24, 2.45) is 5.41 Å². The third kappa shape index (κ3) is 5.29. The molecule has 0 amide bonds. The second-order valence-corrected chi connectivity index (χ2v) is 9.23. The van der Waals surface area contributed by atoms with Gasteiger partial charge in [0.1, 0.15) is 17.3 Å². The van der Waals surface area contributed by atoms with Crippen molar-refractivity contribution in [1.29, 1.82) is 0 Å². The van der Waals surface area contributed by atoms with Crippen molar-refractivity contribution in [3.63, 3.8) is 0 Å². The largest absolute Gasteiger partial charge is 0.493 e. The first kappa shape index (κ1) is 22.9. The second kappa shape index (κ2) is 9.79. The van der Waals surface area contributed by atoms with E-state index in [4.69, 9.17) is 9.47 Å². The molecule has 1 N–H and O–H groups in total. The number of nitrogens with one attached hydrogen (secondary N) is 1. The van der Waals surface area contributed by atoms with Crippen molar-refractivity contribution >= 4 is 28.5 Å². The summed E-state index contributed by atoms with van der Waals surface area (Å²) in [5.74, 6) is 0.447. The van der Waals surface area contributed by atoms with Gasteiger partial charge in [0.05, 0.1) is 37.4 Å². The van der Waals surface area contributed by atoms with E-state index in [2.05, 4.69) is 24.8 Å². The monoisotopic (exact) mass is 494 g/mol. The van der Waals surface area contributed by atoms with Crippen molar-refractivity contribution in [3.05, 3.63) is 66.2 Å². The number of benzene rings is 1. The molecule has 35 heavy (non-hydrogen) atoms. The summed E-state index contributed by atoms with van der Waals surface area (Å²) in [5, 5.41) is 8.20. The van der Waals surface area contributed by atoms with Gasteiger partial charge in [0.25, 0.3) is 0 Å². The molecule has 1 fully saturated rings. The fraction of sp³-hybridized carbons (Fsp3) is 0.292. The molecule has 1 aliphatic carbocycles. The molecule has 0 saturated heterocycles. The number of nitrogens with zero attached hydrogens (tertiary/aromatic N) is 5. The van der Waals surface area contributed by atoms with Crippen LogP contribution in [0.1, 0.15) is 28.9 Å². The fourth-order valence-electron chi connectivity index (χ4n) is 3.56. The number of carbonyl (C=O) groups is 1. The smallest absolute Gasteiger partial charge is 0.338 e. The second-order valence-electron chi connectivity index (χ2n) is 8.42. The van der Waals surface area contributed by atoms with Gasteiger partial charge in [-0.25, -0.2) is 14.8 Å². The third-order valence-corrected chi connectivity index (χ3v) is 6.52. The molecule has 180 valence electrons. The van der Waals surface area contributed by atoms with E-state index in [1.165, 1.54) is 11.5 Å². The predicted molar refractivity (Wildman–Crippen MR) is 128 cm³/mol. The molecule has 11 heteroatoms. The molecule has 1 saturated carbocycles. The van der Waals surface area contributed by atoms with Gasteiger partial charge in [-0.15, -0.1) is 0 Å². The van der Waals surface area contributed by atoms with E-state index in [0.29, 0.717) is 40.2 Å². The highest BCUT2D eigenvalue weighted by Gasteiger charge is 2.43. The zero-order valence-corrected chi connectivity index (χ0v) is 19.8. The molecule has 1 aromatic carbocycles. The third-order valence-electron chi connectivity index (χ3n) is 5.77. The van der Waals surface area contributed by atoms with Gasteiger partial charge in [-0.1, -0.05) is 18.2 Å². The molecule has 3 heterocycles. The molecule has 0 radical (unpaired) electrons. The van der Waals surface area contributed by atoms with Gasteiger partial charge in [0.2, 0.25) is 5.95 Å². The predicted octanol–water partition coefficient (Wildman–Crippen LogP) is 4.66. The lowest BCUT2D eigenvalue weighted by Crippen LogP contribution is -2.13. The summed E-state index contributed by atoms with van der Waals surface area (Å²) in [4.78, 5) is 21.0. The zero-order chi connectivity index (χ0) is 24.3. The molecule has 3 aromatic heterocycles. The molecule has 1 aliphatic rings. The number of alkyl halides is 1. The van der Waals surface area contributed by atoms with Gasteiger partial charge >= 0.3 is 5.97 Å². The lowest BCUT2D eigenvalue weighted by molar-refractivity contribution is 0.0469. The Bertz CT molecular complexity index is 1320. The summed E-state index contributed by atoms with van der Waals surface area (Å²) in [6, 6.07) is 10.6.